The number of amides is 2. The van der Waals surface area contributed by atoms with Crippen LogP contribution in [0.15, 0.2) is 24.3 Å². The summed E-state index contributed by atoms with van der Waals surface area (Å²) in [4.78, 5) is 35.4. The van der Waals surface area contributed by atoms with E-state index in [1.165, 1.54) is 6.92 Å². The second-order valence-corrected chi connectivity index (χ2v) is 6.48. The molecular formula is C19H29N3O4. The Morgan fingerprint density at radius 1 is 1.04 bits per heavy atom. The van der Waals surface area contributed by atoms with Crippen LogP contribution in [0, 0.1) is 5.92 Å². The predicted octanol–water partition coefficient (Wildman–Crippen LogP) is 1.83. The van der Waals surface area contributed by atoms with Gasteiger partial charge in [-0.3, -0.25) is 14.4 Å². The maximum Gasteiger partial charge on any atom is 0.302 e. The lowest BCUT2D eigenvalue weighted by atomic mass is 10.0. The largest absolute Gasteiger partial charge is 0.461 e. The smallest absolute Gasteiger partial charge is 0.302 e. The van der Waals surface area contributed by atoms with Gasteiger partial charge in [0.2, 0.25) is 11.8 Å². The van der Waals surface area contributed by atoms with E-state index in [9.17, 15) is 14.4 Å². The highest BCUT2D eigenvalue weighted by molar-refractivity contribution is 5.97. The molecule has 0 aliphatic heterocycles. The Morgan fingerprint density at radius 3 is 2.15 bits per heavy atom. The summed E-state index contributed by atoms with van der Waals surface area (Å²) in [6.07, 6.45) is 0. The SMILES string of the molecule is CCN[C@H](C(=O)N[C@@H](C)C(=O)Nc1ccc(COC(C)=O)cc1)C(C)C. The number of ether oxygens (including phenoxy) is 1. The van der Waals surface area contributed by atoms with E-state index in [0.717, 1.165) is 5.56 Å². The van der Waals surface area contributed by atoms with E-state index in [1.54, 1.807) is 31.2 Å². The van der Waals surface area contributed by atoms with Crippen molar-refractivity contribution in [2.24, 2.45) is 5.92 Å². The second-order valence-electron chi connectivity index (χ2n) is 6.48. The van der Waals surface area contributed by atoms with Gasteiger partial charge >= 0.3 is 5.97 Å². The van der Waals surface area contributed by atoms with Gasteiger partial charge < -0.3 is 20.7 Å². The van der Waals surface area contributed by atoms with Crippen LogP contribution in [0.5, 0.6) is 0 Å². The van der Waals surface area contributed by atoms with Crippen molar-refractivity contribution in [2.75, 3.05) is 11.9 Å². The van der Waals surface area contributed by atoms with Crippen LogP contribution in [0.3, 0.4) is 0 Å². The van der Waals surface area contributed by atoms with E-state index in [1.807, 2.05) is 20.8 Å². The van der Waals surface area contributed by atoms with E-state index >= 15 is 0 Å². The first-order valence-electron chi connectivity index (χ1n) is 8.81. The monoisotopic (exact) mass is 363 g/mol. The van der Waals surface area contributed by atoms with Crippen LogP contribution < -0.4 is 16.0 Å². The lowest BCUT2D eigenvalue weighted by Gasteiger charge is -2.23. The molecule has 0 aliphatic carbocycles. The average molecular weight is 363 g/mol. The number of hydrogen-bond donors (Lipinski definition) is 3. The molecule has 7 heteroatoms. The minimum atomic E-state index is -0.664. The third-order valence-electron chi connectivity index (χ3n) is 3.79. The highest BCUT2D eigenvalue weighted by Crippen LogP contribution is 2.11. The third kappa shape index (κ3) is 7.23. The summed E-state index contributed by atoms with van der Waals surface area (Å²) in [7, 11) is 0. The Labute approximate surface area is 154 Å². The number of esters is 1. The molecule has 0 saturated heterocycles. The molecule has 0 bridgehead atoms. The maximum atomic E-state index is 12.3. The normalized spacial score (nSPS) is 13.0. The van der Waals surface area contributed by atoms with Crippen molar-refractivity contribution in [2.45, 2.75) is 53.3 Å². The fraction of sp³-hybridized carbons (Fsp3) is 0.526. The van der Waals surface area contributed by atoms with Crippen LogP contribution in [0.25, 0.3) is 0 Å². The highest BCUT2D eigenvalue weighted by atomic mass is 16.5. The number of benzene rings is 1. The van der Waals surface area contributed by atoms with Crippen molar-refractivity contribution < 1.29 is 19.1 Å². The van der Waals surface area contributed by atoms with Gasteiger partial charge in [-0.2, -0.15) is 0 Å². The zero-order valence-corrected chi connectivity index (χ0v) is 16.1. The minimum absolute atomic E-state index is 0.120. The molecule has 144 valence electrons. The molecule has 1 aromatic rings. The van der Waals surface area contributed by atoms with Crippen LogP contribution in [0.4, 0.5) is 5.69 Å². The van der Waals surface area contributed by atoms with Crippen molar-refractivity contribution in [1.29, 1.82) is 0 Å². The van der Waals surface area contributed by atoms with E-state index in [4.69, 9.17) is 4.74 Å². The number of nitrogens with one attached hydrogen (secondary N) is 3. The van der Waals surface area contributed by atoms with Crippen LogP contribution in [-0.4, -0.2) is 36.4 Å². The van der Waals surface area contributed by atoms with Gasteiger partial charge in [0.15, 0.2) is 0 Å². The summed E-state index contributed by atoms with van der Waals surface area (Å²) in [5.74, 6) is -0.717. The summed E-state index contributed by atoms with van der Waals surface area (Å²) in [5, 5.41) is 8.62. The molecule has 2 atom stereocenters. The van der Waals surface area contributed by atoms with Gasteiger partial charge in [-0.25, -0.2) is 0 Å². The molecule has 3 N–H and O–H groups in total. The van der Waals surface area contributed by atoms with Gasteiger partial charge in [0.05, 0.1) is 6.04 Å². The lowest BCUT2D eigenvalue weighted by molar-refractivity contribution is -0.142. The third-order valence-corrected chi connectivity index (χ3v) is 3.79. The van der Waals surface area contributed by atoms with E-state index in [0.29, 0.717) is 12.2 Å². The van der Waals surface area contributed by atoms with Crippen molar-refractivity contribution in [3.63, 3.8) is 0 Å². The molecule has 26 heavy (non-hydrogen) atoms. The molecule has 2 amide bonds. The fourth-order valence-electron chi connectivity index (χ4n) is 2.34. The number of rotatable bonds is 9. The van der Waals surface area contributed by atoms with Crippen molar-refractivity contribution in [1.82, 2.24) is 10.6 Å². The topological polar surface area (TPSA) is 96.5 Å². The number of likely N-dealkylation sites (N-methyl/N-ethyl adjacent to an activating group) is 1. The number of hydrogen-bond acceptors (Lipinski definition) is 5. The van der Waals surface area contributed by atoms with Crippen LogP contribution in [0.2, 0.25) is 0 Å². The molecule has 1 aromatic carbocycles. The first kappa shape index (κ1) is 21.6. The Morgan fingerprint density at radius 2 is 1.65 bits per heavy atom. The van der Waals surface area contributed by atoms with E-state index in [2.05, 4.69) is 16.0 Å². The van der Waals surface area contributed by atoms with Crippen LogP contribution in [0.1, 0.15) is 40.2 Å². The molecule has 0 aliphatic rings. The lowest BCUT2D eigenvalue weighted by Crippen LogP contribution is -2.52. The Balaban J connectivity index is 2.58. The van der Waals surface area contributed by atoms with Gasteiger partial charge in [0.1, 0.15) is 12.6 Å². The molecule has 0 aromatic heterocycles. The Hall–Kier alpha value is -2.41. The summed E-state index contributed by atoms with van der Waals surface area (Å²) in [5.41, 5.74) is 1.43. The maximum absolute atomic E-state index is 12.3. The molecule has 7 nitrogen and oxygen atoms in total. The fourth-order valence-corrected chi connectivity index (χ4v) is 2.34. The Bertz CT molecular complexity index is 614. The van der Waals surface area contributed by atoms with Gasteiger partial charge in [0.25, 0.3) is 0 Å². The molecule has 0 unspecified atom stereocenters. The number of carbonyl (C=O) groups excluding carboxylic acids is 3. The highest BCUT2D eigenvalue weighted by Gasteiger charge is 2.24. The summed E-state index contributed by atoms with van der Waals surface area (Å²) < 4.78 is 4.91. The van der Waals surface area contributed by atoms with E-state index in [-0.39, 0.29) is 36.4 Å². The molecule has 0 radical (unpaired) electrons. The van der Waals surface area contributed by atoms with Crippen molar-refractivity contribution in [3.8, 4) is 0 Å². The molecule has 0 saturated carbocycles. The van der Waals surface area contributed by atoms with Crippen LogP contribution >= 0.6 is 0 Å². The molecule has 0 fully saturated rings. The van der Waals surface area contributed by atoms with E-state index < -0.39 is 6.04 Å². The zero-order chi connectivity index (χ0) is 19.7. The van der Waals surface area contributed by atoms with Gasteiger partial charge in [-0.05, 0) is 37.1 Å². The number of carbonyl (C=O) groups is 3. The summed E-state index contributed by atoms with van der Waals surface area (Å²) in [6.45, 7) is 9.71. The number of anilines is 1. The predicted molar refractivity (Wildman–Crippen MR) is 100 cm³/mol. The Kier molecular flexibility index (Phi) is 8.78. The summed E-state index contributed by atoms with van der Waals surface area (Å²) >= 11 is 0. The zero-order valence-electron chi connectivity index (χ0n) is 16.1. The second kappa shape index (κ2) is 10.6. The molecular weight excluding hydrogens is 334 g/mol. The first-order valence-corrected chi connectivity index (χ1v) is 8.81. The quantitative estimate of drug-likeness (QED) is 0.582. The van der Waals surface area contributed by atoms with Crippen LogP contribution in [-0.2, 0) is 25.7 Å². The first-order chi connectivity index (χ1) is 12.2. The van der Waals surface area contributed by atoms with Crippen molar-refractivity contribution in [3.05, 3.63) is 29.8 Å². The van der Waals surface area contributed by atoms with Crippen molar-refractivity contribution >= 4 is 23.5 Å². The minimum Gasteiger partial charge on any atom is -0.461 e. The molecule has 0 heterocycles. The average Bonchev–Trinajstić information content (AvgIpc) is 2.58. The van der Waals surface area contributed by atoms with Gasteiger partial charge in [-0.15, -0.1) is 0 Å². The van der Waals surface area contributed by atoms with Gasteiger partial charge in [-0.1, -0.05) is 32.9 Å². The summed E-state index contributed by atoms with van der Waals surface area (Å²) in [6, 6.07) is 5.98. The molecule has 1 rings (SSSR count). The molecule has 0 spiro atoms. The standard InChI is InChI=1S/C19H29N3O4/c1-6-20-17(12(2)3)19(25)21-13(4)18(24)22-16-9-7-15(8-10-16)11-26-14(5)23/h7-10,12-13,17,20H,6,11H2,1-5H3,(H,21,25)(H,22,24)/t13-,17-/m0/s1. The van der Waals surface area contributed by atoms with Gasteiger partial charge in [0, 0.05) is 12.6 Å².